The number of aryl methyl sites for hydroxylation is 1. The number of carbonyl (C=O) groups is 1. The smallest absolute Gasteiger partial charge is 0.227 e. The van der Waals surface area contributed by atoms with E-state index in [1.54, 1.807) is 0 Å². The van der Waals surface area contributed by atoms with E-state index in [0.717, 1.165) is 32.2 Å². The summed E-state index contributed by atoms with van der Waals surface area (Å²) >= 11 is 5.13. The minimum atomic E-state index is -0.00889. The van der Waals surface area contributed by atoms with Crippen molar-refractivity contribution in [3.63, 3.8) is 0 Å². The topological polar surface area (TPSA) is 46.3 Å². The third kappa shape index (κ3) is 2.00. The van der Waals surface area contributed by atoms with Crippen LogP contribution in [0, 0.1) is 11.8 Å². The highest BCUT2D eigenvalue weighted by atomic mass is 32.1. The lowest BCUT2D eigenvalue weighted by Gasteiger charge is -2.24. The van der Waals surface area contributed by atoms with Crippen LogP contribution in [-0.4, -0.2) is 28.4 Å². The fraction of sp³-hybridized carbons (Fsp3) is 0.529. The molecule has 1 saturated carbocycles. The molecular weight excluding hydrogens is 280 g/mol. The molecule has 1 heterocycles. The van der Waals surface area contributed by atoms with Crippen LogP contribution < -0.4 is 5.73 Å². The molecule has 21 heavy (non-hydrogen) atoms. The SMILES string of the molecule is NC(=S)C1CCCN1C(=O)C1C2CCc3ccccc3C21. The number of hydrogen-bond donors (Lipinski definition) is 1. The number of rotatable bonds is 2. The van der Waals surface area contributed by atoms with E-state index in [4.69, 9.17) is 18.0 Å². The van der Waals surface area contributed by atoms with Gasteiger partial charge in [0, 0.05) is 12.5 Å². The van der Waals surface area contributed by atoms with Gasteiger partial charge < -0.3 is 10.6 Å². The number of nitrogens with two attached hydrogens (primary N) is 1. The van der Waals surface area contributed by atoms with Gasteiger partial charge in [-0.3, -0.25) is 4.79 Å². The van der Waals surface area contributed by atoms with Crippen molar-refractivity contribution in [2.24, 2.45) is 17.6 Å². The maximum absolute atomic E-state index is 12.9. The van der Waals surface area contributed by atoms with Crippen LogP contribution in [0.25, 0.3) is 0 Å². The Bertz CT molecular complexity index is 615. The molecule has 0 aromatic heterocycles. The van der Waals surface area contributed by atoms with Gasteiger partial charge in [-0.2, -0.15) is 0 Å². The number of fused-ring (bicyclic) bond motifs is 3. The third-order valence-electron chi connectivity index (χ3n) is 5.48. The van der Waals surface area contributed by atoms with Crippen LogP contribution in [0.15, 0.2) is 24.3 Å². The minimum Gasteiger partial charge on any atom is -0.392 e. The van der Waals surface area contributed by atoms with Crippen molar-refractivity contribution in [3.8, 4) is 0 Å². The van der Waals surface area contributed by atoms with Crippen LogP contribution in [0.4, 0.5) is 0 Å². The molecule has 4 rings (SSSR count). The first-order valence-corrected chi connectivity index (χ1v) is 8.27. The van der Waals surface area contributed by atoms with Gasteiger partial charge in [-0.1, -0.05) is 36.5 Å². The van der Waals surface area contributed by atoms with E-state index in [9.17, 15) is 4.79 Å². The van der Waals surface area contributed by atoms with Crippen molar-refractivity contribution < 1.29 is 4.79 Å². The predicted octanol–water partition coefficient (Wildman–Crippen LogP) is 2.24. The van der Waals surface area contributed by atoms with E-state index >= 15 is 0 Å². The van der Waals surface area contributed by atoms with E-state index in [0.29, 0.717) is 16.8 Å². The van der Waals surface area contributed by atoms with Gasteiger partial charge in [-0.05, 0) is 48.6 Å². The second-order valence-electron chi connectivity index (χ2n) is 6.54. The summed E-state index contributed by atoms with van der Waals surface area (Å²) in [5.41, 5.74) is 8.64. The molecule has 0 radical (unpaired) electrons. The molecule has 110 valence electrons. The first-order valence-electron chi connectivity index (χ1n) is 7.86. The average molecular weight is 300 g/mol. The number of likely N-dealkylation sites (tertiary alicyclic amines) is 1. The highest BCUT2D eigenvalue weighted by Crippen LogP contribution is 2.60. The Hall–Kier alpha value is -1.42. The molecule has 1 aliphatic heterocycles. The van der Waals surface area contributed by atoms with Crippen molar-refractivity contribution in [2.75, 3.05) is 6.54 Å². The van der Waals surface area contributed by atoms with E-state index in [1.165, 1.54) is 11.1 Å². The lowest BCUT2D eigenvalue weighted by atomic mass is 9.92. The summed E-state index contributed by atoms with van der Waals surface area (Å²) in [5, 5.41) is 0. The Labute approximate surface area is 130 Å². The standard InChI is InChI=1S/C17H20N2OS/c18-16(21)13-6-3-9-19(13)17(20)15-12-8-7-10-4-1-2-5-11(10)14(12)15/h1-2,4-5,12-15H,3,6-9H2,(H2,18,21). The molecule has 2 fully saturated rings. The van der Waals surface area contributed by atoms with Gasteiger partial charge in [-0.25, -0.2) is 0 Å². The maximum Gasteiger partial charge on any atom is 0.227 e. The summed E-state index contributed by atoms with van der Waals surface area (Å²) in [5.74, 6) is 1.44. The molecular formula is C17H20N2OS. The lowest BCUT2D eigenvalue weighted by molar-refractivity contribution is -0.132. The van der Waals surface area contributed by atoms with E-state index < -0.39 is 0 Å². The van der Waals surface area contributed by atoms with E-state index in [1.807, 2.05) is 4.90 Å². The summed E-state index contributed by atoms with van der Waals surface area (Å²) in [6.45, 7) is 0.818. The molecule has 1 aromatic carbocycles. The fourth-order valence-corrected chi connectivity index (χ4v) is 4.67. The lowest BCUT2D eigenvalue weighted by Crippen LogP contribution is -2.43. The summed E-state index contributed by atoms with van der Waals surface area (Å²) in [7, 11) is 0. The molecule has 0 bridgehead atoms. The zero-order valence-electron chi connectivity index (χ0n) is 12.0. The second kappa shape index (κ2) is 4.80. The largest absolute Gasteiger partial charge is 0.392 e. The predicted molar refractivity (Wildman–Crippen MR) is 86.0 cm³/mol. The Morgan fingerprint density at radius 3 is 2.90 bits per heavy atom. The molecule has 0 spiro atoms. The third-order valence-corrected chi connectivity index (χ3v) is 5.75. The van der Waals surface area contributed by atoms with Crippen LogP contribution in [0.2, 0.25) is 0 Å². The molecule has 4 heteroatoms. The van der Waals surface area contributed by atoms with Crippen molar-refractivity contribution in [3.05, 3.63) is 35.4 Å². The number of carbonyl (C=O) groups excluding carboxylic acids is 1. The Balaban J connectivity index is 1.57. The zero-order valence-corrected chi connectivity index (χ0v) is 12.8. The molecule has 3 aliphatic rings. The van der Waals surface area contributed by atoms with Crippen molar-refractivity contribution >= 4 is 23.1 Å². The van der Waals surface area contributed by atoms with Crippen LogP contribution in [0.5, 0.6) is 0 Å². The van der Waals surface area contributed by atoms with Crippen LogP contribution in [0.3, 0.4) is 0 Å². The summed E-state index contributed by atoms with van der Waals surface area (Å²) in [6.07, 6.45) is 4.20. The van der Waals surface area contributed by atoms with Crippen LogP contribution >= 0.6 is 12.2 Å². The monoisotopic (exact) mass is 300 g/mol. The first kappa shape index (κ1) is 13.3. The molecule has 4 atom stereocenters. The van der Waals surface area contributed by atoms with Gasteiger partial charge in [0.25, 0.3) is 0 Å². The van der Waals surface area contributed by atoms with Gasteiger partial charge in [0.2, 0.25) is 5.91 Å². The Kier molecular flexibility index (Phi) is 3.03. The van der Waals surface area contributed by atoms with Crippen molar-refractivity contribution in [1.29, 1.82) is 0 Å². The summed E-state index contributed by atoms with van der Waals surface area (Å²) in [4.78, 5) is 15.3. The number of amides is 1. The zero-order chi connectivity index (χ0) is 14.6. The Morgan fingerprint density at radius 1 is 1.29 bits per heavy atom. The molecule has 2 aliphatic carbocycles. The molecule has 1 amide bonds. The molecule has 1 aromatic rings. The van der Waals surface area contributed by atoms with Crippen molar-refractivity contribution in [1.82, 2.24) is 4.90 Å². The normalized spacial score (nSPS) is 33.2. The maximum atomic E-state index is 12.9. The number of thiocarbonyl (C=S) groups is 1. The van der Waals surface area contributed by atoms with Gasteiger partial charge in [0.05, 0.1) is 11.0 Å². The van der Waals surface area contributed by atoms with Gasteiger partial charge in [0.15, 0.2) is 0 Å². The van der Waals surface area contributed by atoms with Gasteiger partial charge in [0.1, 0.15) is 0 Å². The van der Waals surface area contributed by atoms with Crippen molar-refractivity contribution in [2.45, 2.75) is 37.6 Å². The summed E-state index contributed by atoms with van der Waals surface area (Å²) in [6, 6.07) is 8.59. The highest BCUT2D eigenvalue weighted by molar-refractivity contribution is 7.80. The number of hydrogen-bond acceptors (Lipinski definition) is 2. The van der Waals surface area contributed by atoms with Crippen LogP contribution in [-0.2, 0) is 11.2 Å². The average Bonchev–Trinajstić information content (AvgIpc) is 3.02. The second-order valence-corrected chi connectivity index (χ2v) is 7.02. The first-order chi connectivity index (χ1) is 10.2. The van der Waals surface area contributed by atoms with E-state index in [-0.39, 0.29) is 17.9 Å². The fourth-order valence-electron chi connectivity index (χ4n) is 4.42. The van der Waals surface area contributed by atoms with Gasteiger partial charge in [-0.15, -0.1) is 0 Å². The molecule has 2 N–H and O–H groups in total. The molecule has 1 saturated heterocycles. The Morgan fingerprint density at radius 2 is 2.10 bits per heavy atom. The van der Waals surface area contributed by atoms with Gasteiger partial charge >= 0.3 is 0 Å². The summed E-state index contributed by atoms with van der Waals surface area (Å²) < 4.78 is 0. The van der Waals surface area contributed by atoms with Crippen LogP contribution in [0.1, 0.15) is 36.3 Å². The molecule has 4 unspecified atom stereocenters. The quantitative estimate of drug-likeness (QED) is 0.852. The number of nitrogens with zero attached hydrogens (tertiary/aromatic N) is 1. The molecule has 3 nitrogen and oxygen atoms in total. The van der Waals surface area contributed by atoms with E-state index in [2.05, 4.69) is 24.3 Å². The number of benzene rings is 1. The minimum absolute atomic E-state index is 0.00889. The highest BCUT2D eigenvalue weighted by Gasteiger charge is 2.58.